The van der Waals surface area contributed by atoms with Crippen LogP contribution >= 0.6 is 0 Å². The topological polar surface area (TPSA) is 159 Å². The van der Waals surface area contributed by atoms with Crippen LogP contribution in [0.25, 0.3) is 0 Å². The molecular formula is C25H44N2O10. The second-order valence-electron chi connectivity index (χ2n) is 11.3. The first kappa shape index (κ1) is 32.4. The number of hydrogen-bond donors (Lipinski definition) is 3. The molecule has 0 aromatic carbocycles. The lowest BCUT2D eigenvalue weighted by Crippen LogP contribution is -2.47. The molecule has 0 spiro atoms. The van der Waals surface area contributed by atoms with Crippen LogP contribution in [0.1, 0.15) is 67.2 Å². The van der Waals surface area contributed by atoms with Gasteiger partial charge in [-0.1, -0.05) is 0 Å². The molecule has 0 unspecified atom stereocenters. The van der Waals surface area contributed by atoms with Crippen LogP contribution < -0.4 is 10.6 Å². The molecule has 12 heteroatoms. The van der Waals surface area contributed by atoms with Gasteiger partial charge in [0.1, 0.15) is 22.3 Å². The zero-order valence-electron chi connectivity index (χ0n) is 23.5. The van der Waals surface area contributed by atoms with Crippen molar-refractivity contribution in [2.75, 3.05) is 34.5 Å². The van der Waals surface area contributed by atoms with E-state index in [1.807, 2.05) is 0 Å². The summed E-state index contributed by atoms with van der Waals surface area (Å²) in [7, 11) is 4.19. The van der Waals surface area contributed by atoms with E-state index < -0.39 is 46.4 Å². The summed E-state index contributed by atoms with van der Waals surface area (Å²) in [6.07, 6.45) is 0.930. The Kier molecular flexibility index (Phi) is 11.2. The number of rotatable bonds is 9. The number of ether oxygens (including phenoxy) is 5. The lowest BCUT2D eigenvalue weighted by Gasteiger charge is -2.23. The van der Waals surface area contributed by atoms with Crippen LogP contribution in [-0.2, 0) is 33.3 Å². The first-order valence-corrected chi connectivity index (χ1v) is 12.3. The van der Waals surface area contributed by atoms with Crippen molar-refractivity contribution in [3.63, 3.8) is 0 Å². The zero-order chi connectivity index (χ0) is 28.7. The lowest BCUT2D eigenvalue weighted by atomic mass is 10.1. The molecule has 2 aliphatic rings. The SMILES string of the molecule is COC(=O)[C@@]1(NC(=O)OC(C)(C)C)C[C@H]1CCO.COCC[C@@H]1C[C@]1(NC(=O)OC(C)(C)C)C(=O)OC. The Labute approximate surface area is 219 Å². The Hall–Kier alpha value is -2.60. The van der Waals surface area contributed by atoms with Gasteiger partial charge in [0.05, 0.1) is 14.2 Å². The number of carbonyl (C=O) groups is 4. The summed E-state index contributed by atoms with van der Waals surface area (Å²) in [5.74, 6) is -0.985. The average Bonchev–Trinajstić information content (AvgIpc) is 3.65. The van der Waals surface area contributed by atoms with E-state index in [1.165, 1.54) is 14.2 Å². The molecule has 2 saturated carbocycles. The van der Waals surface area contributed by atoms with E-state index in [9.17, 15) is 19.2 Å². The number of methoxy groups -OCH3 is 3. The van der Waals surface area contributed by atoms with E-state index in [0.717, 1.165) is 0 Å². The summed E-state index contributed by atoms with van der Waals surface area (Å²) in [6, 6.07) is 0. The van der Waals surface area contributed by atoms with Crippen LogP contribution in [-0.4, -0.2) is 86.1 Å². The van der Waals surface area contributed by atoms with Crippen LogP contribution in [0, 0.1) is 11.8 Å². The van der Waals surface area contributed by atoms with Crippen molar-refractivity contribution < 1.29 is 48.0 Å². The van der Waals surface area contributed by atoms with Gasteiger partial charge in [-0.25, -0.2) is 19.2 Å². The minimum absolute atomic E-state index is 0.0284. The van der Waals surface area contributed by atoms with Crippen molar-refractivity contribution in [1.82, 2.24) is 10.6 Å². The first-order chi connectivity index (χ1) is 17.0. The fourth-order valence-electron chi connectivity index (χ4n) is 4.02. The molecule has 12 nitrogen and oxygen atoms in total. The van der Waals surface area contributed by atoms with Crippen molar-refractivity contribution in [3.8, 4) is 0 Å². The normalized spacial score (nSPS) is 26.0. The molecule has 3 N–H and O–H groups in total. The highest BCUT2D eigenvalue weighted by Gasteiger charge is 2.63. The molecule has 0 aromatic rings. The second-order valence-corrected chi connectivity index (χ2v) is 11.3. The van der Waals surface area contributed by atoms with E-state index in [1.54, 1.807) is 48.7 Å². The standard InChI is InChI=1S/C13H23NO5.C12H21NO5/c1-12(2,3)19-11(16)14-13(10(15)18-5)8-9(13)6-7-17-4;1-11(2,3)18-10(16)13-12(9(15)17-4)7-8(12)5-6-14/h9H,6-8H2,1-5H3,(H,14,16);8,14H,5-7H2,1-4H3,(H,13,16)/t9-,13-;8-,12-/m11/s1. The third-order valence-electron chi connectivity index (χ3n) is 5.91. The minimum Gasteiger partial charge on any atom is -0.467 e. The second kappa shape index (κ2) is 12.8. The van der Waals surface area contributed by atoms with Crippen molar-refractivity contribution in [2.45, 2.75) is 89.5 Å². The number of hydrogen-bond acceptors (Lipinski definition) is 10. The number of carbonyl (C=O) groups excluding carboxylic acids is 4. The molecular weight excluding hydrogens is 488 g/mol. The van der Waals surface area contributed by atoms with E-state index in [-0.39, 0.29) is 18.4 Å². The largest absolute Gasteiger partial charge is 0.467 e. The van der Waals surface area contributed by atoms with Crippen molar-refractivity contribution in [3.05, 3.63) is 0 Å². The summed E-state index contributed by atoms with van der Waals surface area (Å²) in [5.41, 5.74) is -3.20. The average molecular weight is 533 g/mol. The fourth-order valence-corrected chi connectivity index (χ4v) is 4.02. The van der Waals surface area contributed by atoms with Crippen LogP contribution in [0.4, 0.5) is 9.59 Å². The highest BCUT2D eigenvalue weighted by molar-refractivity contribution is 5.90. The Balaban J connectivity index is 0.000000371. The molecule has 0 heterocycles. The van der Waals surface area contributed by atoms with Crippen molar-refractivity contribution in [1.29, 1.82) is 0 Å². The number of esters is 2. The molecule has 0 radical (unpaired) electrons. The molecule has 0 bridgehead atoms. The summed E-state index contributed by atoms with van der Waals surface area (Å²) >= 11 is 0. The van der Waals surface area contributed by atoms with Gasteiger partial charge in [-0.3, -0.25) is 0 Å². The van der Waals surface area contributed by atoms with E-state index in [4.69, 9.17) is 28.8 Å². The molecule has 2 rings (SSSR count). The molecule has 0 aromatic heterocycles. The molecule has 0 saturated heterocycles. The van der Waals surface area contributed by atoms with Gasteiger partial charge in [0.25, 0.3) is 0 Å². The monoisotopic (exact) mass is 532 g/mol. The minimum atomic E-state index is -1.03. The van der Waals surface area contributed by atoms with Gasteiger partial charge in [-0.2, -0.15) is 0 Å². The maximum absolute atomic E-state index is 11.8. The quantitative estimate of drug-likeness (QED) is 0.297. The predicted octanol–water partition coefficient (Wildman–Crippen LogP) is 2.30. The number of alkyl carbamates (subject to hydrolysis) is 2. The molecule has 2 amide bonds. The summed E-state index contributed by atoms with van der Waals surface area (Å²) in [6.45, 7) is 11.1. The number of aliphatic hydroxyl groups is 1. The Morgan fingerprint density at radius 3 is 1.43 bits per heavy atom. The van der Waals surface area contributed by atoms with Gasteiger partial charge >= 0.3 is 24.1 Å². The van der Waals surface area contributed by atoms with E-state index in [0.29, 0.717) is 32.3 Å². The third-order valence-corrected chi connectivity index (χ3v) is 5.91. The number of amides is 2. The van der Waals surface area contributed by atoms with Crippen molar-refractivity contribution in [2.24, 2.45) is 11.8 Å². The van der Waals surface area contributed by atoms with E-state index in [2.05, 4.69) is 10.6 Å². The number of nitrogens with one attached hydrogen (secondary N) is 2. The molecule has 4 atom stereocenters. The molecule has 214 valence electrons. The third kappa shape index (κ3) is 9.66. The van der Waals surface area contributed by atoms with Gasteiger partial charge < -0.3 is 39.4 Å². The molecule has 2 aliphatic carbocycles. The first-order valence-electron chi connectivity index (χ1n) is 12.3. The van der Waals surface area contributed by atoms with Gasteiger partial charge in [-0.15, -0.1) is 0 Å². The van der Waals surface area contributed by atoms with Gasteiger partial charge in [0.15, 0.2) is 0 Å². The summed E-state index contributed by atoms with van der Waals surface area (Å²) in [5, 5.41) is 14.1. The summed E-state index contributed by atoms with van der Waals surface area (Å²) in [4.78, 5) is 47.0. The van der Waals surface area contributed by atoms with Gasteiger partial charge in [-0.05, 0) is 79.1 Å². The molecule has 0 aliphatic heterocycles. The van der Waals surface area contributed by atoms with E-state index >= 15 is 0 Å². The van der Waals surface area contributed by atoms with Crippen LogP contribution in [0.3, 0.4) is 0 Å². The van der Waals surface area contributed by atoms with Gasteiger partial charge in [0, 0.05) is 20.3 Å². The maximum atomic E-state index is 11.8. The van der Waals surface area contributed by atoms with Crippen LogP contribution in [0.5, 0.6) is 0 Å². The highest BCUT2D eigenvalue weighted by Crippen LogP contribution is 2.47. The Morgan fingerprint density at radius 2 is 1.14 bits per heavy atom. The zero-order valence-corrected chi connectivity index (χ0v) is 23.5. The maximum Gasteiger partial charge on any atom is 0.408 e. The smallest absolute Gasteiger partial charge is 0.408 e. The molecule has 37 heavy (non-hydrogen) atoms. The summed E-state index contributed by atoms with van der Waals surface area (Å²) < 4.78 is 24.7. The lowest BCUT2D eigenvalue weighted by molar-refractivity contribution is -0.145. The van der Waals surface area contributed by atoms with Crippen LogP contribution in [0.15, 0.2) is 0 Å². The number of aliphatic hydroxyl groups excluding tert-OH is 1. The van der Waals surface area contributed by atoms with Gasteiger partial charge in [0.2, 0.25) is 0 Å². The molecule has 2 fully saturated rings. The predicted molar refractivity (Wildman–Crippen MR) is 133 cm³/mol. The van der Waals surface area contributed by atoms with Crippen LogP contribution in [0.2, 0.25) is 0 Å². The Bertz CT molecular complexity index is 819. The fraction of sp³-hybridized carbons (Fsp3) is 0.840. The Morgan fingerprint density at radius 1 is 0.757 bits per heavy atom. The van der Waals surface area contributed by atoms with Crippen molar-refractivity contribution >= 4 is 24.1 Å². The highest BCUT2D eigenvalue weighted by atomic mass is 16.6.